The maximum Gasteiger partial charge on any atom is 0.0496 e. The van der Waals surface area contributed by atoms with E-state index in [1.165, 1.54) is 12.8 Å². The fraction of sp³-hybridized carbons (Fsp3) is 0.833. The second-order valence-electron chi connectivity index (χ2n) is 4.77. The highest BCUT2D eigenvalue weighted by molar-refractivity contribution is 5.14. The summed E-state index contributed by atoms with van der Waals surface area (Å²) in [5.74, 6) is 1.26. The summed E-state index contributed by atoms with van der Waals surface area (Å²) < 4.78 is 0. The molecule has 1 saturated carbocycles. The van der Waals surface area contributed by atoms with E-state index in [0.717, 1.165) is 6.42 Å². The Balaban J connectivity index is 2.34. The lowest BCUT2D eigenvalue weighted by atomic mass is 9.52. The van der Waals surface area contributed by atoms with Crippen LogP contribution in [0.2, 0.25) is 0 Å². The molecule has 1 fully saturated rings. The minimum atomic E-state index is -0.0353. The van der Waals surface area contributed by atoms with Gasteiger partial charge in [0, 0.05) is 18.6 Å². The molecule has 2 nitrogen and oxygen atoms in total. The Hall–Kier alpha value is -0.340. The van der Waals surface area contributed by atoms with Crippen LogP contribution in [-0.4, -0.2) is 23.4 Å². The van der Waals surface area contributed by atoms with Gasteiger partial charge in [0.05, 0.1) is 0 Å². The molecule has 0 heterocycles. The topological polar surface area (TPSA) is 40.5 Å². The van der Waals surface area contributed by atoms with E-state index in [4.69, 9.17) is 0 Å². The second-order valence-corrected chi connectivity index (χ2v) is 4.77. The van der Waals surface area contributed by atoms with Gasteiger partial charge in [-0.15, -0.1) is 0 Å². The van der Waals surface area contributed by atoms with Crippen molar-refractivity contribution in [3.63, 3.8) is 0 Å². The molecule has 0 amide bonds. The highest BCUT2D eigenvalue weighted by Crippen LogP contribution is 2.54. The lowest BCUT2D eigenvalue weighted by Crippen LogP contribution is -2.50. The summed E-state index contributed by atoms with van der Waals surface area (Å²) in [7, 11) is 0. The molecule has 2 heteroatoms. The average molecular weight is 196 g/mol. The number of aliphatic hydroxyl groups excluding tert-OH is 2. The molecule has 3 rings (SSSR count). The predicted octanol–water partition coefficient (Wildman–Crippen LogP) is 1.58. The van der Waals surface area contributed by atoms with Crippen LogP contribution in [0.15, 0.2) is 12.2 Å². The van der Waals surface area contributed by atoms with Gasteiger partial charge < -0.3 is 10.2 Å². The number of hydrogen-bond acceptors (Lipinski definition) is 2. The second kappa shape index (κ2) is 3.67. The fourth-order valence-electron chi connectivity index (χ4n) is 3.54. The first kappa shape index (κ1) is 10.2. The first-order valence-electron chi connectivity index (χ1n) is 5.68. The summed E-state index contributed by atoms with van der Waals surface area (Å²) in [4.78, 5) is 0. The van der Waals surface area contributed by atoms with Crippen LogP contribution < -0.4 is 0 Å². The van der Waals surface area contributed by atoms with Crippen molar-refractivity contribution in [1.82, 2.24) is 0 Å². The summed E-state index contributed by atoms with van der Waals surface area (Å²) in [6.07, 6.45) is 7.86. The Kier molecular flexibility index (Phi) is 2.67. The molecular formula is C12H20O2. The third kappa shape index (κ3) is 1.17. The third-order valence-electron chi connectivity index (χ3n) is 4.54. The van der Waals surface area contributed by atoms with E-state index in [2.05, 4.69) is 19.1 Å². The van der Waals surface area contributed by atoms with Crippen molar-refractivity contribution in [2.75, 3.05) is 13.2 Å². The molecule has 0 saturated heterocycles. The van der Waals surface area contributed by atoms with E-state index in [1.807, 2.05) is 0 Å². The van der Waals surface area contributed by atoms with Crippen molar-refractivity contribution in [3.8, 4) is 0 Å². The summed E-state index contributed by atoms with van der Waals surface area (Å²) in [6.45, 7) is 2.58. The number of hydrogen-bond donors (Lipinski definition) is 2. The van der Waals surface area contributed by atoms with Crippen molar-refractivity contribution < 1.29 is 10.2 Å². The van der Waals surface area contributed by atoms with E-state index in [1.54, 1.807) is 0 Å². The van der Waals surface area contributed by atoms with Gasteiger partial charge >= 0.3 is 0 Å². The number of allylic oxidation sites excluding steroid dienone is 2. The van der Waals surface area contributed by atoms with E-state index < -0.39 is 0 Å². The Labute approximate surface area is 85.6 Å². The predicted molar refractivity (Wildman–Crippen MR) is 55.7 cm³/mol. The Morgan fingerprint density at radius 3 is 2.43 bits per heavy atom. The summed E-state index contributed by atoms with van der Waals surface area (Å²) in [6, 6.07) is 0. The van der Waals surface area contributed by atoms with Gasteiger partial charge in [-0.1, -0.05) is 19.1 Å². The van der Waals surface area contributed by atoms with Crippen molar-refractivity contribution in [3.05, 3.63) is 12.2 Å². The van der Waals surface area contributed by atoms with Crippen LogP contribution in [0.1, 0.15) is 26.2 Å². The summed E-state index contributed by atoms with van der Waals surface area (Å²) in [5.41, 5.74) is -0.0353. The van der Waals surface area contributed by atoms with Gasteiger partial charge in [0.1, 0.15) is 0 Å². The lowest BCUT2D eigenvalue weighted by molar-refractivity contribution is -0.0667. The highest BCUT2D eigenvalue weighted by atomic mass is 16.3. The Bertz CT molecular complexity index is 230. The molecule has 2 bridgehead atoms. The molecule has 0 aromatic rings. The van der Waals surface area contributed by atoms with Gasteiger partial charge in [-0.05, 0) is 37.0 Å². The van der Waals surface area contributed by atoms with Gasteiger partial charge in [0.15, 0.2) is 0 Å². The van der Waals surface area contributed by atoms with Crippen LogP contribution in [0.4, 0.5) is 0 Å². The summed E-state index contributed by atoms with van der Waals surface area (Å²) in [5, 5.41) is 19.1. The van der Waals surface area contributed by atoms with E-state index in [-0.39, 0.29) is 24.5 Å². The molecule has 3 aliphatic carbocycles. The quantitative estimate of drug-likeness (QED) is 0.673. The van der Waals surface area contributed by atoms with E-state index in [9.17, 15) is 10.2 Å². The molecular weight excluding hydrogens is 176 g/mol. The molecule has 4 atom stereocenters. The molecule has 0 spiro atoms. The molecule has 0 aliphatic heterocycles. The molecule has 3 aliphatic rings. The molecule has 14 heavy (non-hydrogen) atoms. The molecule has 2 N–H and O–H groups in total. The van der Waals surface area contributed by atoms with Crippen LogP contribution in [0, 0.1) is 23.2 Å². The number of aliphatic hydroxyl groups is 2. The average Bonchev–Trinajstić information content (AvgIpc) is 2.29. The molecule has 4 unspecified atom stereocenters. The van der Waals surface area contributed by atoms with Crippen LogP contribution in [0.25, 0.3) is 0 Å². The number of fused-ring (bicyclic) bond motifs is 2. The van der Waals surface area contributed by atoms with E-state index >= 15 is 0 Å². The van der Waals surface area contributed by atoms with Crippen LogP contribution in [-0.2, 0) is 0 Å². The van der Waals surface area contributed by atoms with Gasteiger partial charge in [0.2, 0.25) is 0 Å². The Morgan fingerprint density at radius 1 is 1.29 bits per heavy atom. The maximum atomic E-state index is 9.62. The van der Waals surface area contributed by atoms with Gasteiger partial charge in [-0.25, -0.2) is 0 Å². The van der Waals surface area contributed by atoms with Crippen molar-refractivity contribution in [2.45, 2.75) is 26.2 Å². The third-order valence-corrected chi connectivity index (χ3v) is 4.54. The van der Waals surface area contributed by atoms with Gasteiger partial charge in [-0.2, -0.15) is 0 Å². The summed E-state index contributed by atoms with van der Waals surface area (Å²) >= 11 is 0. The van der Waals surface area contributed by atoms with Crippen molar-refractivity contribution in [1.29, 1.82) is 0 Å². The lowest BCUT2D eigenvalue weighted by Gasteiger charge is -2.53. The minimum absolute atomic E-state index is 0.0353. The maximum absolute atomic E-state index is 9.62. The van der Waals surface area contributed by atoms with Crippen molar-refractivity contribution in [2.24, 2.45) is 23.2 Å². The zero-order chi connectivity index (χ0) is 10.2. The molecule has 80 valence electrons. The van der Waals surface area contributed by atoms with E-state index in [0.29, 0.717) is 11.8 Å². The smallest absolute Gasteiger partial charge is 0.0496 e. The molecule has 0 aromatic carbocycles. The molecule has 0 aromatic heterocycles. The zero-order valence-electron chi connectivity index (χ0n) is 8.82. The van der Waals surface area contributed by atoms with Gasteiger partial charge in [-0.3, -0.25) is 0 Å². The zero-order valence-corrected chi connectivity index (χ0v) is 8.82. The highest BCUT2D eigenvalue weighted by Gasteiger charge is 2.50. The number of rotatable bonds is 3. The first-order chi connectivity index (χ1) is 6.78. The monoisotopic (exact) mass is 196 g/mol. The normalized spacial score (nSPS) is 45.8. The minimum Gasteiger partial charge on any atom is -0.396 e. The first-order valence-corrected chi connectivity index (χ1v) is 5.68. The Morgan fingerprint density at radius 2 is 2.07 bits per heavy atom. The van der Waals surface area contributed by atoms with Crippen LogP contribution >= 0.6 is 0 Å². The SMILES string of the molecule is CCC1(CO)C2C=CC(CC2)C1CO. The van der Waals surface area contributed by atoms with Crippen molar-refractivity contribution >= 4 is 0 Å². The van der Waals surface area contributed by atoms with Crippen LogP contribution in [0.5, 0.6) is 0 Å². The standard InChI is InChI=1S/C12H20O2/c1-2-12(8-14)10-5-3-9(4-6-10)11(12)7-13/h3,5,9-11,13-14H,2,4,6-8H2,1H3. The van der Waals surface area contributed by atoms with Crippen LogP contribution in [0.3, 0.4) is 0 Å². The molecule has 0 radical (unpaired) electrons. The fourth-order valence-corrected chi connectivity index (χ4v) is 3.54. The largest absolute Gasteiger partial charge is 0.396 e. The van der Waals surface area contributed by atoms with Gasteiger partial charge in [0.25, 0.3) is 0 Å².